The molecule has 0 aliphatic rings. The van der Waals surface area contributed by atoms with Gasteiger partial charge in [0.05, 0.1) is 0 Å². The molecule has 20 heavy (non-hydrogen) atoms. The zero-order chi connectivity index (χ0) is 14.7. The van der Waals surface area contributed by atoms with Crippen LogP contribution in [0.5, 0.6) is 11.5 Å². The first-order valence-electron chi connectivity index (χ1n) is 6.12. The summed E-state index contributed by atoms with van der Waals surface area (Å²) in [5.41, 5.74) is 6.59. The summed E-state index contributed by atoms with van der Waals surface area (Å²) in [7, 11) is 0. The lowest BCUT2D eigenvalue weighted by molar-refractivity contribution is 0.436. The highest BCUT2D eigenvalue weighted by atomic mass is 35.5. The van der Waals surface area contributed by atoms with Crippen molar-refractivity contribution in [3.63, 3.8) is 0 Å². The summed E-state index contributed by atoms with van der Waals surface area (Å²) in [4.78, 5) is 0. The minimum absolute atomic E-state index is 0.0140. The van der Waals surface area contributed by atoms with Crippen LogP contribution in [0.15, 0.2) is 36.4 Å². The van der Waals surface area contributed by atoms with Gasteiger partial charge in [-0.05, 0) is 43.2 Å². The summed E-state index contributed by atoms with van der Waals surface area (Å²) in [5.74, 6) is -1.04. The van der Waals surface area contributed by atoms with Crippen molar-refractivity contribution in [3.05, 3.63) is 58.6 Å². The maximum atomic E-state index is 13.5. The number of hydrogen-bond donors (Lipinski definition) is 1. The molecule has 2 N–H and O–H groups in total. The van der Waals surface area contributed by atoms with E-state index in [0.717, 1.165) is 23.8 Å². The Balaban J connectivity index is 2.22. The molecule has 0 saturated heterocycles. The summed E-state index contributed by atoms with van der Waals surface area (Å²) >= 11 is 6.11. The Hall–Kier alpha value is -1.65. The minimum atomic E-state index is -0.637. The van der Waals surface area contributed by atoms with E-state index in [2.05, 4.69) is 0 Å². The number of nitrogens with two attached hydrogens (primary N) is 1. The predicted molar refractivity (Wildman–Crippen MR) is 75.2 cm³/mol. The number of hydrogen-bond acceptors (Lipinski definition) is 2. The standard InChI is InChI=1S/C15H14ClF2NO/c1-9(19)6-10-2-4-12(8-13(10)16)20-15-7-11(17)3-5-14(15)18/h2-5,7-9H,6,19H2,1H3. The summed E-state index contributed by atoms with van der Waals surface area (Å²) < 4.78 is 31.8. The number of rotatable bonds is 4. The van der Waals surface area contributed by atoms with Gasteiger partial charge in [-0.2, -0.15) is 0 Å². The van der Waals surface area contributed by atoms with Gasteiger partial charge in [0.15, 0.2) is 11.6 Å². The molecule has 0 radical (unpaired) electrons. The van der Waals surface area contributed by atoms with E-state index in [4.69, 9.17) is 22.1 Å². The molecule has 2 rings (SSSR count). The smallest absolute Gasteiger partial charge is 0.165 e. The molecule has 106 valence electrons. The fourth-order valence-corrected chi connectivity index (χ4v) is 2.03. The van der Waals surface area contributed by atoms with Gasteiger partial charge < -0.3 is 10.5 Å². The summed E-state index contributed by atoms with van der Waals surface area (Å²) in [5, 5.41) is 0.483. The van der Waals surface area contributed by atoms with Gasteiger partial charge in [0.2, 0.25) is 0 Å². The van der Waals surface area contributed by atoms with Gasteiger partial charge in [-0.3, -0.25) is 0 Å². The third-order valence-corrected chi connectivity index (χ3v) is 3.04. The molecular weight excluding hydrogens is 284 g/mol. The van der Waals surface area contributed by atoms with Crippen LogP contribution in [0, 0.1) is 11.6 Å². The monoisotopic (exact) mass is 297 g/mol. The Morgan fingerprint density at radius 2 is 1.95 bits per heavy atom. The van der Waals surface area contributed by atoms with Crippen LogP contribution in [0.2, 0.25) is 5.02 Å². The predicted octanol–water partition coefficient (Wildman–Crippen LogP) is 4.30. The second kappa shape index (κ2) is 6.20. The van der Waals surface area contributed by atoms with E-state index in [0.29, 0.717) is 17.2 Å². The molecule has 2 aromatic carbocycles. The maximum absolute atomic E-state index is 13.5. The van der Waals surface area contributed by atoms with Crippen molar-refractivity contribution in [1.29, 1.82) is 0 Å². The van der Waals surface area contributed by atoms with E-state index in [-0.39, 0.29) is 11.8 Å². The van der Waals surface area contributed by atoms with Crippen molar-refractivity contribution < 1.29 is 13.5 Å². The first kappa shape index (κ1) is 14.8. The molecule has 0 aliphatic carbocycles. The van der Waals surface area contributed by atoms with Crippen molar-refractivity contribution >= 4 is 11.6 Å². The Bertz CT molecular complexity index is 617. The van der Waals surface area contributed by atoms with Crippen LogP contribution in [-0.4, -0.2) is 6.04 Å². The third-order valence-electron chi connectivity index (χ3n) is 2.69. The Morgan fingerprint density at radius 3 is 2.60 bits per heavy atom. The average Bonchev–Trinajstić information content (AvgIpc) is 2.37. The molecule has 2 aromatic rings. The van der Waals surface area contributed by atoms with Crippen LogP contribution in [0.4, 0.5) is 8.78 Å². The lowest BCUT2D eigenvalue weighted by Crippen LogP contribution is -2.17. The SMILES string of the molecule is CC(N)Cc1ccc(Oc2cc(F)ccc2F)cc1Cl. The van der Waals surface area contributed by atoms with E-state index in [1.54, 1.807) is 18.2 Å². The van der Waals surface area contributed by atoms with Crippen LogP contribution in [-0.2, 0) is 6.42 Å². The molecule has 0 aliphatic heterocycles. The van der Waals surface area contributed by atoms with Gasteiger partial charge >= 0.3 is 0 Å². The molecule has 2 nitrogen and oxygen atoms in total. The molecule has 5 heteroatoms. The zero-order valence-electron chi connectivity index (χ0n) is 10.9. The zero-order valence-corrected chi connectivity index (χ0v) is 11.6. The Labute approximate surface area is 121 Å². The van der Waals surface area contributed by atoms with Gasteiger partial charge in [0, 0.05) is 17.1 Å². The fraction of sp³-hybridized carbons (Fsp3) is 0.200. The largest absolute Gasteiger partial charge is 0.454 e. The summed E-state index contributed by atoms with van der Waals surface area (Å²) in [6.07, 6.45) is 0.632. The van der Waals surface area contributed by atoms with Crippen molar-refractivity contribution in [3.8, 4) is 11.5 Å². The molecule has 1 unspecified atom stereocenters. The topological polar surface area (TPSA) is 35.2 Å². The van der Waals surface area contributed by atoms with Gasteiger partial charge in [-0.25, -0.2) is 8.78 Å². The number of ether oxygens (including phenoxy) is 1. The molecule has 0 saturated carbocycles. The molecular formula is C15H14ClF2NO. The van der Waals surface area contributed by atoms with E-state index < -0.39 is 11.6 Å². The van der Waals surface area contributed by atoms with E-state index in [9.17, 15) is 8.78 Å². The van der Waals surface area contributed by atoms with Crippen LogP contribution >= 0.6 is 11.6 Å². The molecule has 0 aromatic heterocycles. The average molecular weight is 298 g/mol. The minimum Gasteiger partial charge on any atom is -0.454 e. The first-order chi connectivity index (χ1) is 9.45. The maximum Gasteiger partial charge on any atom is 0.165 e. The number of benzene rings is 2. The third kappa shape index (κ3) is 3.68. The first-order valence-corrected chi connectivity index (χ1v) is 6.50. The van der Waals surface area contributed by atoms with Crippen LogP contribution in [0.3, 0.4) is 0 Å². The van der Waals surface area contributed by atoms with E-state index in [1.807, 2.05) is 6.92 Å². The molecule has 1 atom stereocenters. The van der Waals surface area contributed by atoms with Crippen LogP contribution in [0.1, 0.15) is 12.5 Å². The normalized spacial score (nSPS) is 12.2. The molecule has 0 fully saturated rings. The highest BCUT2D eigenvalue weighted by molar-refractivity contribution is 6.31. The highest BCUT2D eigenvalue weighted by Gasteiger charge is 2.09. The van der Waals surface area contributed by atoms with Crippen molar-refractivity contribution in [1.82, 2.24) is 0 Å². The van der Waals surface area contributed by atoms with Gasteiger partial charge in [0.1, 0.15) is 11.6 Å². The second-order valence-electron chi connectivity index (χ2n) is 4.61. The fourth-order valence-electron chi connectivity index (χ4n) is 1.79. The summed E-state index contributed by atoms with van der Waals surface area (Å²) in [6.45, 7) is 1.88. The molecule has 0 heterocycles. The van der Waals surface area contributed by atoms with Crippen LogP contribution < -0.4 is 10.5 Å². The quantitative estimate of drug-likeness (QED) is 0.913. The lowest BCUT2D eigenvalue weighted by atomic mass is 10.1. The Kier molecular flexibility index (Phi) is 4.57. The van der Waals surface area contributed by atoms with Crippen molar-refractivity contribution in [2.75, 3.05) is 0 Å². The molecule has 0 bridgehead atoms. The summed E-state index contributed by atoms with van der Waals surface area (Å²) in [6, 6.07) is 7.98. The van der Waals surface area contributed by atoms with Gasteiger partial charge in [-0.1, -0.05) is 17.7 Å². The van der Waals surface area contributed by atoms with Gasteiger partial charge in [0.25, 0.3) is 0 Å². The van der Waals surface area contributed by atoms with Crippen molar-refractivity contribution in [2.45, 2.75) is 19.4 Å². The van der Waals surface area contributed by atoms with E-state index >= 15 is 0 Å². The molecule has 0 spiro atoms. The molecule has 0 amide bonds. The lowest BCUT2D eigenvalue weighted by Gasteiger charge is -2.11. The number of halogens is 3. The van der Waals surface area contributed by atoms with Gasteiger partial charge in [-0.15, -0.1) is 0 Å². The van der Waals surface area contributed by atoms with Crippen molar-refractivity contribution in [2.24, 2.45) is 5.73 Å². The second-order valence-corrected chi connectivity index (χ2v) is 5.02. The highest BCUT2D eigenvalue weighted by Crippen LogP contribution is 2.29. The Morgan fingerprint density at radius 1 is 1.20 bits per heavy atom. The van der Waals surface area contributed by atoms with E-state index in [1.165, 1.54) is 0 Å². The van der Waals surface area contributed by atoms with Crippen LogP contribution in [0.25, 0.3) is 0 Å².